The second kappa shape index (κ2) is 4.92. The van der Waals surface area contributed by atoms with Crippen molar-refractivity contribution in [2.45, 2.75) is 51.4 Å². The van der Waals surface area contributed by atoms with Gasteiger partial charge in [-0.3, -0.25) is 0 Å². The Morgan fingerprint density at radius 3 is 1.94 bits per heavy atom. The van der Waals surface area contributed by atoms with Crippen molar-refractivity contribution in [2.24, 2.45) is 17.6 Å². The molecule has 2 nitrogen and oxygen atoms in total. The van der Waals surface area contributed by atoms with Crippen LogP contribution < -0.4 is 5.73 Å². The van der Waals surface area contributed by atoms with E-state index in [1.165, 1.54) is 0 Å². The average Bonchev–Trinajstić information content (AvgIpc) is 2.16. The van der Waals surface area contributed by atoms with E-state index in [1.54, 1.807) is 6.92 Å². The van der Waals surface area contributed by atoms with Gasteiger partial charge in [0.15, 0.2) is 0 Å². The molecule has 0 aliphatic heterocycles. The van der Waals surface area contributed by atoms with Crippen LogP contribution in [0, 0.1) is 11.8 Å². The molecule has 96 valence electrons. The summed E-state index contributed by atoms with van der Waals surface area (Å²) in [5.74, 6) is -1.12. The maximum Gasteiger partial charge on any atom is 0.391 e. The van der Waals surface area contributed by atoms with Gasteiger partial charge in [-0.1, -0.05) is 0 Å². The third-order valence-corrected chi connectivity index (χ3v) is 3.46. The molecule has 1 aliphatic carbocycles. The number of rotatable bonds is 3. The summed E-state index contributed by atoms with van der Waals surface area (Å²) in [7, 11) is 0. The van der Waals surface area contributed by atoms with Crippen molar-refractivity contribution in [1.82, 2.24) is 0 Å². The highest BCUT2D eigenvalue weighted by Crippen LogP contribution is 2.42. The first-order valence-corrected chi connectivity index (χ1v) is 5.77. The lowest BCUT2D eigenvalue weighted by Crippen LogP contribution is -2.48. The maximum atomic E-state index is 12.5. The first kappa shape index (κ1) is 13.8. The predicted molar refractivity (Wildman–Crippen MR) is 55.7 cm³/mol. The van der Waals surface area contributed by atoms with Crippen LogP contribution in [0.5, 0.6) is 0 Å². The van der Waals surface area contributed by atoms with Crippen molar-refractivity contribution in [2.75, 3.05) is 6.61 Å². The lowest BCUT2D eigenvalue weighted by Gasteiger charge is -2.39. The fraction of sp³-hybridized carbons (Fsp3) is 1.00. The van der Waals surface area contributed by atoms with E-state index in [1.807, 2.05) is 6.92 Å². The highest BCUT2D eigenvalue weighted by Gasteiger charge is 2.44. The van der Waals surface area contributed by atoms with E-state index in [9.17, 15) is 13.2 Å². The van der Waals surface area contributed by atoms with E-state index in [4.69, 9.17) is 10.5 Å². The molecule has 1 rings (SSSR count). The quantitative estimate of drug-likeness (QED) is 0.768. The molecule has 1 saturated carbocycles. The Kier molecular flexibility index (Phi) is 4.23. The SMILES string of the molecule is CCOC(C)(N)C1CCC(C(F)(F)F)CC1. The number of hydrogen-bond donors (Lipinski definition) is 1. The first-order valence-electron chi connectivity index (χ1n) is 5.77. The fourth-order valence-corrected chi connectivity index (χ4v) is 2.42. The van der Waals surface area contributed by atoms with Gasteiger partial charge in [0.25, 0.3) is 0 Å². The lowest BCUT2D eigenvalue weighted by molar-refractivity contribution is -0.190. The van der Waals surface area contributed by atoms with Crippen LogP contribution in [0.25, 0.3) is 0 Å². The van der Waals surface area contributed by atoms with Crippen molar-refractivity contribution >= 4 is 0 Å². The Balaban J connectivity index is 2.49. The molecule has 5 heteroatoms. The Morgan fingerprint density at radius 1 is 1.12 bits per heavy atom. The van der Waals surface area contributed by atoms with Gasteiger partial charge in [-0.15, -0.1) is 0 Å². The number of ether oxygens (including phenoxy) is 1. The highest BCUT2D eigenvalue weighted by atomic mass is 19.4. The van der Waals surface area contributed by atoms with Gasteiger partial charge in [-0.05, 0) is 39.5 Å². The largest absolute Gasteiger partial charge is 0.391 e. The van der Waals surface area contributed by atoms with Crippen LogP contribution in [0.15, 0.2) is 0 Å². The third kappa shape index (κ3) is 3.35. The molecule has 16 heavy (non-hydrogen) atoms. The van der Waals surface area contributed by atoms with Crippen molar-refractivity contribution in [3.05, 3.63) is 0 Å². The minimum absolute atomic E-state index is 0.0334. The van der Waals surface area contributed by atoms with Gasteiger partial charge in [0.2, 0.25) is 0 Å². The summed E-state index contributed by atoms with van der Waals surface area (Å²) in [4.78, 5) is 0. The number of hydrogen-bond acceptors (Lipinski definition) is 2. The van der Waals surface area contributed by atoms with Crippen LogP contribution in [-0.4, -0.2) is 18.5 Å². The molecule has 0 bridgehead atoms. The molecule has 1 fully saturated rings. The molecule has 0 aromatic heterocycles. The van der Waals surface area contributed by atoms with Crippen molar-refractivity contribution in [1.29, 1.82) is 0 Å². The molecule has 0 saturated heterocycles. The molecular weight excluding hydrogens is 219 g/mol. The standard InChI is InChI=1S/C11H20F3NO/c1-3-16-10(2,15)8-4-6-9(7-5-8)11(12,13)14/h8-9H,3-7,15H2,1-2H3. The van der Waals surface area contributed by atoms with Crippen LogP contribution in [0.1, 0.15) is 39.5 Å². The number of nitrogens with two attached hydrogens (primary N) is 1. The second-order valence-electron chi connectivity index (χ2n) is 4.71. The molecule has 0 amide bonds. The van der Waals surface area contributed by atoms with Gasteiger partial charge in [-0.25, -0.2) is 0 Å². The van der Waals surface area contributed by atoms with Crippen molar-refractivity contribution in [3.63, 3.8) is 0 Å². The number of halogens is 3. The topological polar surface area (TPSA) is 35.2 Å². The van der Waals surface area contributed by atoms with E-state index < -0.39 is 17.8 Å². The number of alkyl halides is 3. The Morgan fingerprint density at radius 2 is 1.56 bits per heavy atom. The van der Waals surface area contributed by atoms with Crippen LogP contribution in [0.3, 0.4) is 0 Å². The fourth-order valence-electron chi connectivity index (χ4n) is 2.42. The monoisotopic (exact) mass is 239 g/mol. The molecule has 0 heterocycles. The van der Waals surface area contributed by atoms with Gasteiger partial charge in [0, 0.05) is 12.5 Å². The molecule has 0 radical (unpaired) electrons. The van der Waals surface area contributed by atoms with Crippen LogP contribution in [0.4, 0.5) is 13.2 Å². The molecule has 1 atom stereocenters. The molecule has 1 unspecified atom stereocenters. The zero-order chi connectivity index (χ0) is 12.4. The minimum atomic E-state index is -4.05. The van der Waals surface area contributed by atoms with E-state index in [0.29, 0.717) is 19.4 Å². The summed E-state index contributed by atoms with van der Waals surface area (Å²) in [6, 6.07) is 0. The average molecular weight is 239 g/mol. The Labute approximate surface area is 94.3 Å². The predicted octanol–water partition coefficient (Wildman–Crippen LogP) is 3.07. The van der Waals surface area contributed by atoms with E-state index in [0.717, 1.165) is 0 Å². The first-order chi connectivity index (χ1) is 7.27. The summed E-state index contributed by atoms with van der Waals surface area (Å²) in [6.45, 7) is 4.09. The maximum absolute atomic E-state index is 12.5. The van der Waals surface area contributed by atoms with E-state index >= 15 is 0 Å². The van der Waals surface area contributed by atoms with Gasteiger partial charge < -0.3 is 10.5 Å². The Bertz CT molecular complexity index is 220. The van der Waals surface area contributed by atoms with Gasteiger partial charge in [0.1, 0.15) is 5.72 Å². The summed E-state index contributed by atoms with van der Waals surface area (Å²) in [6.07, 6.45) is -2.71. The molecule has 0 aromatic carbocycles. The van der Waals surface area contributed by atoms with E-state index in [2.05, 4.69) is 0 Å². The molecule has 0 aromatic rings. The minimum Gasteiger partial charge on any atom is -0.361 e. The molecule has 1 aliphatic rings. The zero-order valence-electron chi connectivity index (χ0n) is 9.81. The summed E-state index contributed by atoms with van der Waals surface area (Å²) in [5.41, 5.74) is 5.17. The lowest BCUT2D eigenvalue weighted by atomic mass is 9.77. The molecule has 2 N–H and O–H groups in total. The van der Waals surface area contributed by atoms with Crippen LogP contribution in [-0.2, 0) is 4.74 Å². The smallest absolute Gasteiger partial charge is 0.361 e. The summed E-state index contributed by atoms with van der Waals surface area (Å²) in [5, 5.41) is 0. The summed E-state index contributed by atoms with van der Waals surface area (Å²) >= 11 is 0. The zero-order valence-corrected chi connectivity index (χ0v) is 9.81. The van der Waals surface area contributed by atoms with Crippen LogP contribution >= 0.6 is 0 Å². The highest BCUT2D eigenvalue weighted by molar-refractivity contribution is 4.85. The van der Waals surface area contributed by atoms with Gasteiger partial charge >= 0.3 is 6.18 Å². The third-order valence-electron chi connectivity index (χ3n) is 3.46. The van der Waals surface area contributed by atoms with Gasteiger partial charge in [-0.2, -0.15) is 13.2 Å². The van der Waals surface area contributed by atoms with Gasteiger partial charge in [0.05, 0.1) is 5.92 Å². The van der Waals surface area contributed by atoms with E-state index in [-0.39, 0.29) is 18.8 Å². The molecular formula is C11H20F3NO. The van der Waals surface area contributed by atoms with Crippen molar-refractivity contribution in [3.8, 4) is 0 Å². The molecule has 0 spiro atoms. The van der Waals surface area contributed by atoms with Crippen molar-refractivity contribution < 1.29 is 17.9 Å². The normalized spacial score (nSPS) is 31.1. The van der Waals surface area contributed by atoms with Crippen LogP contribution in [0.2, 0.25) is 0 Å². The second-order valence-corrected chi connectivity index (χ2v) is 4.71. The summed E-state index contributed by atoms with van der Waals surface area (Å²) < 4.78 is 42.7. The Hall–Kier alpha value is -0.290.